The average molecular weight is 346 g/mol. The Kier molecular flexibility index (Phi) is 3.39. The average Bonchev–Trinajstić information content (AvgIpc) is 2.63. The molecule has 26 heavy (non-hydrogen) atoms. The van der Waals surface area contributed by atoms with Crippen molar-refractivity contribution in [2.45, 2.75) is 72.1 Å². The second-order valence-electron chi connectivity index (χ2n) is 9.25. The number of rotatable bonds is 0. The number of hydrogen-bond donors (Lipinski definition) is 1. The van der Waals surface area contributed by atoms with Crippen molar-refractivity contribution in [1.82, 2.24) is 0 Å². The lowest BCUT2D eigenvalue weighted by atomic mass is 9.49. The molecule has 2 bridgehead atoms. The zero-order valence-corrected chi connectivity index (χ0v) is 16.9. The van der Waals surface area contributed by atoms with E-state index in [-0.39, 0.29) is 0 Å². The Morgan fingerprint density at radius 3 is 1.88 bits per heavy atom. The first-order chi connectivity index (χ1) is 12.4. The van der Waals surface area contributed by atoms with Gasteiger partial charge in [0.05, 0.1) is 0 Å². The van der Waals surface area contributed by atoms with Crippen molar-refractivity contribution >= 4 is 5.69 Å². The van der Waals surface area contributed by atoms with Crippen molar-refractivity contribution in [3.63, 3.8) is 0 Å². The van der Waals surface area contributed by atoms with Gasteiger partial charge in [-0.3, -0.25) is 0 Å². The Labute approximate surface area is 158 Å². The van der Waals surface area contributed by atoms with E-state index in [0.29, 0.717) is 11.8 Å². The summed E-state index contributed by atoms with van der Waals surface area (Å²) in [6.07, 6.45) is 5.61. The van der Waals surface area contributed by atoms with E-state index in [0.717, 1.165) is 17.5 Å². The normalized spacial score (nSPS) is 28.5. The van der Waals surface area contributed by atoms with Crippen LogP contribution in [0.25, 0.3) is 0 Å². The van der Waals surface area contributed by atoms with E-state index in [2.05, 4.69) is 46.8 Å². The summed E-state index contributed by atoms with van der Waals surface area (Å²) in [5.74, 6) is 2.80. The number of nitrogen functional groups attached to an aromatic ring is 1. The molecule has 2 N–H and O–H groups in total. The molecule has 0 radical (unpaired) electrons. The van der Waals surface area contributed by atoms with E-state index in [1.54, 1.807) is 27.8 Å². The largest absolute Gasteiger partial charge is 0.398 e. The zero-order chi connectivity index (χ0) is 18.3. The lowest BCUT2D eigenvalue weighted by molar-refractivity contribution is 0.162. The van der Waals surface area contributed by atoms with Gasteiger partial charge in [-0.15, -0.1) is 0 Å². The van der Waals surface area contributed by atoms with Crippen molar-refractivity contribution in [1.29, 1.82) is 0 Å². The molecule has 0 aromatic heterocycles. The molecule has 0 saturated heterocycles. The molecule has 136 valence electrons. The Balaban J connectivity index is 1.88. The molecule has 0 spiro atoms. The summed E-state index contributed by atoms with van der Waals surface area (Å²) in [6.45, 7) is 11.4. The standard InChI is InChI=1S/C25H31N/c1-12-10-19-21(15(4)14(12)3)24-18-9-7-6-8-17(18)23(19)20-11-13(2)25(26)16(5)22(20)24/h10-11,17-18,23-24H,6-9,26H2,1-5H3. The lowest BCUT2D eigenvalue weighted by Gasteiger charge is -2.54. The first-order valence-electron chi connectivity index (χ1n) is 10.4. The molecule has 2 aromatic rings. The molecule has 0 aliphatic heterocycles. The van der Waals surface area contributed by atoms with Gasteiger partial charge in [0.1, 0.15) is 0 Å². The predicted molar refractivity (Wildman–Crippen MR) is 110 cm³/mol. The highest BCUT2D eigenvalue weighted by Gasteiger charge is 2.51. The molecule has 0 amide bonds. The molecule has 4 aliphatic rings. The van der Waals surface area contributed by atoms with Crippen molar-refractivity contribution in [3.8, 4) is 0 Å². The third kappa shape index (κ3) is 1.87. The molecular formula is C25H31N. The molecule has 0 heterocycles. The number of hydrogen-bond acceptors (Lipinski definition) is 1. The van der Waals surface area contributed by atoms with Crippen LogP contribution in [0.1, 0.15) is 87.6 Å². The highest BCUT2D eigenvalue weighted by Crippen LogP contribution is 2.64. The quantitative estimate of drug-likeness (QED) is 0.565. The topological polar surface area (TPSA) is 26.0 Å². The summed E-state index contributed by atoms with van der Waals surface area (Å²) in [7, 11) is 0. The molecule has 4 atom stereocenters. The van der Waals surface area contributed by atoms with Crippen molar-refractivity contribution < 1.29 is 0 Å². The zero-order valence-electron chi connectivity index (χ0n) is 16.9. The maximum absolute atomic E-state index is 6.52. The molecule has 6 rings (SSSR count). The fourth-order valence-electron chi connectivity index (χ4n) is 6.74. The van der Waals surface area contributed by atoms with E-state index < -0.39 is 0 Å². The van der Waals surface area contributed by atoms with Crippen LogP contribution in [0.4, 0.5) is 5.69 Å². The van der Waals surface area contributed by atoms with Crippen molar-refractivity contribution in [2.24, 2.45) is 11.8 Å². The summed E-state index contributed by atoms with van der Waals surface area (Å²) in [4.78, 5) is 0. The molecule has 4 aliphatic carbocycles. The van der Waals surface area contributed by atoms with E-state index in [1.807, 2.05) is 0 Å². The maximum atomic E-state index is 6.52. The Morgan fingerprint density at radius 2 is 1.23 bits per heavy atom. The monoisotopic (exact) mass is 345 g/mol. The fraction of sp³-hybridized carbons (Fsp3) is 0.520. The van der Waals surface area contributed by atoms with Gasteiger partial charge >= 0.3 is 0 Å². The van der Waals surface area contributed by atoms with Crippen LogP contribution < -0.4 is 5.73 Å². The molecule has 1 heteroatoms. The van der Waals surface area contributed by atoms with Gasteiger partial charge in [-0.1, -0.05) is 25.0 Å². The van der Waals surface area contributed by atoms with Crippen LogP contribution in [0.2, 0.25) is 0 Å². The van der Waals surface area contributed by atoms with Crippen LogP contribution >= 0.6 is 0 Å². The van der Waals surface area contributed by atoms with Gasteiger partial charge in [0.15, 0.2) is 0 Å². The van der Waals surface area contributed by atoms with Crippen LogP contribution in [0, 0.1) is 46.5 Å². The Morgan fingerprint density at radius 1 is 0.692 bits per heavy atom. The Bertz CT molecular complexity index is 871. The molecule has 1 saturated carbocycles. The summed E-state index contributed by atoms with van der Waals surface area (Å²) < 4.78 is 0. The Hall–Kier alpha value is -1.76. The summed E-state index contributed by atoms with van der Waals surface area (Å²) in [6, 6.07) is 4.97. The minimum absolute atomic E-state index is 0.567. The first kappa shape index (κ1) is 16.4. The van der Waals surface area contributed by atoms with Gasteiger partial charge < -0.3 is 5.73 Å². The van der Waals surface area contributed by atoms with Gasteiger partial charge in [-0.05, 0) is 109 Å². The summed E-state index contributed by atoms with van der Waals surface area (Å²) in [5.41, 5.74) is 21.2. The van der Waals surface area contributed by atoms with Crippen molar-refractivity contribution in [2.75, 3.05) is 5.73 Å². The minimum atomic E-state index is 0.567. The molecule has 4 unspecified atom stereocenters. The second-order valence-corrected chi connectivity index (χ2v) is 9.25. The fourth-order valence-corrected chi connectivity index (χ4v) is 6.74. The number of aryl methyl sites for hydroxylation is 2. The third-order valence-electron chi connectivity index (χ3n) is 8.18. The van der Waals surface area contributed by atoms with Crippen molar-refractivity contribution in [3.05, 3.63) is 62.2 Å². The maximum Gasteiger partial charge on any atom is 0.0376 e. The number of anilines is 1. The molecular weight excluding hydrogens is 314 g/mol. The van der Waals surface area contributed by atoms with Crippen LogP contribution in [-0.2, 0) is 0 Å². The number of benzene rings is 2. The van der Waals surface area contributed by atoms with Gasteiger partial charge in [-0.25, -0.2) is 0 Å². The van der Waals surface area contributed by atoms with E-state index in [4.69, 9.17) is 5.73 Å². The molecule has 1 nitrogen and oxygen atoms in total. The smallest absolute Gasteiger partial charge is 0.0376 e. The lowest BCUT2D eigenvalue weighted by Crippen LogP contribution is -2.42. The highest BCUT2D eigenvalue weighted by molar-refractivity contribution is 5.69. The third-order valence-corrected chi connectivity index (χ3v) is 8.18. The molecule has 2 aromatic carbocycles. The molecule has 1 fully saturated rings. The highest BCUT2D eigenvalue weighted by atomic mass is 14.6. The van der Waals surface area contributed by atoms with Gasteiger partial charge in [-0.2, -0.15) is 0 Å². The van der Waals surface area contributed by atoms with Crippen LogP contribution in [0.5, 0.6) is 0 Å². The summed E-state index contributed by atoms with van der Waals surface area (Å²) in [5, 5.41) is 0. The second kappa shape index (κ2) is 5.38. The number of nitrogens with two attached hydrogens (primary N) is 1. The van der Waals surface area contributed by atoms with Crippen LogP contribution in [-0.4, -0.2) is 0 Å². The van der Waals surface area contributed by atoms with Gasteiger partial charge in [0.25, 0.3) is 0 Å². The van der Waals surface area contributed by atoms with E-state index >= 15 is 0 Å². The van der Waals surface area contributed by atoms with E-state index in [1.165, 1.54) is 47.9 Å². The van der Waals surface area contributed by atoms with E-state index in [9.17, 15) is 0 Å². The van der Waals surface area contributed by atoms with Gasteiger partial charge in [0, 0.05) is 17.5 Å². The first-order valence-corrected chi connectivity index (χ1v) is 10.4. The SMILES string of the molecule is Cc1cc2c(c(C)c1C)C1c3c(cc(C)c(N)c3C)C2C2CCCCC12. The van der Waals surface area contributed by atoms with Crippen LogP contribution in [0.3, 0.4) is 0 Å². The summed E-state index contributed by atoms with van der Waals surface area (Å²) >= 11 is 0. The van der Waals surface area contributed by atoms with Crippen LogP contribution in [0.15, 0.2) is 12.1 Å². The minimum Gasteiger partial charge on any atom is -0.398 e. The van der Waals surface area contributed by atoms with Gasteiger partial charge in [0.2, 0.25) is 0 Å². The predicted octanol–water partition coefficient (Wildman–Crippen LogP) is 6.21.